The van der Waals surface area contributed by atoms with Crippen molar-refractivity contribution in [1.82, 2.24) is 15.0 Å². The van der Waals surface area contributed by atoms with Crippen LogP contribution in [0.1, 0.15) is 18.4 Å². The summed E-state index contributed by atoms with van der Waals surface area (Å²) in [4.78, 5) is 16.8. The van der Waals surface area contributed by atoms with Crippen LogP contribution in [0.25, 0.3) is 20.4 Å². The fourth-order valence-corrected chi connectivity index (χ4v) is 4.12. The fourth-order valence-electron chi connectivity index (χ4n) is 2.80. The Balaban J connectivity index is 2.06. The van der Waals surface area contributed by atoms with E-state index in [2.05, 4.69) is 19.9 Å². The SMILES string of the molecule is Cc1c(Cl)cnc2sc3c(N4CCCC4)ncnc3c12. The van der Waals surface area contributed by atoms with Gasteiger partial charge in [-0.3, -0.25) is 0 Å². The zero-order chi connectivity index (χ0) is 13.7. The second-order valence-electron chi connectivity index (χ2n) is 5.08. The first-order valence-corrected chi connectivity index (χ1v) is 7.88. The second-order valence-corrected chi connectivity index (χ2v) is 6.49. The first-order chi connectivity index (χ1) is 9.75. The zero-order valence-corrected chi connectivity index (χ0v) is 12.6. The molecule has 1 aliphatic rings. The molecule has 0 unspecified atom stereocenters. The minimum absolute atomic E-state index is 0.693. The van der Waals surface area contributed by atoms with Crippen LogP contribution in [0.5, 0.6) is 0 Å². The molecule has 3 aromatic rings. The molecule has 0 aromatic carbocycles. The number of rotatable bonds is 1. The molecule has 1 saturated heterocycles. The molecule has 0 radical (unpaired) electrons. The van der Waals surface area contributed by atoms with Crippen molar-refractivity contribution in [3.05, 3.63) is 23.1 Å². The monoisotopic (exact) mass is 304 g/mol. The topological polar surface area (TPSA) is 41.9 Å². The summed E-state index contributed by atoms with van der Waals surface area (Å²) in [5.41, 5.74) is 2.03. The van der Waals surface area contributed by atoms with E-state index in [0.717, 1.165) is 44.9 Å². The molecule has 0 atom stereocenters. The summed E-state index contributed by atoms with van der Waals surface area (Å²) < 4.78 is 1.13. The van der Waals surface area contributed by atoms with Crippen molar-refractivity contribution in [2.45, 2.75) is 19.8 Å². The smallest absolute Gasteiger partial charge is 0.150 e. The quantitative estimate of drug-likeness (QED) is 0.686. The average molecular weight is 305 g/mol. The summed E-state index contributed by atoms with van der Waals surface area (Å²) in [6.45, 7) is 4.18. The van der Waals surface area contributed by atoms with Crippen molar-refractivity contribution in [3.63, 3.8) is 0 Å². The first-order valence-electron chi connectivity index (χ1n) is 6.69. The zero-order valence-electron chi connectivity index (χ0n) is 11.1. The predicted molar refractivity (Wildman–Crippen MR) is 83.9 cm³/mol. The maximum atomic E-state index is 6.20. The van der Waals surface area contributed by atoms with Gasteiger partial charge in [0.2, 0.25) is 0 Å². The Morgan fingerprint density at radius 2 is 2.00 bits per heavy atom. The predicted octanol–water partition coefficient (Wildman–Crippen LogP) is 3.80. The van der Waals surface area contributed by atoms with Gasteiger partial charge in [0, 0.05) is 24.7 Å². The standard InChI is InChI=1S/C14H13ClN4S/c1-8-9(15)6-16-14-10(8)11-12(20-14)13(18-7-17-11)19-4-2-3-5-19/h6-7H,2-5H2,1H3. The summed E-state index contributed by atoms with van der Waals surface area (Å²) >= 11 is 7.86. The summed E-state index contributed by atoms with van der Waals surface area (Å²) in [7, 11) is 0. The van der Waals surface area contributed by atoms with Gasteiger partial charge < -0.3 is 4.90 Å². The number of fused-ring (bicyclic) bond motifs is 3. The summed E-state index contributed by atoms with van der Waals surface area (Å²) in [5.74, 6) is 1.05. The van der Waals surface area contributed by atoms with Crippen molar-refractivity contribution >= 4 is 49.2 Å². The number of pyridine rings is 1. The molecule has 20 heavy (non-hydrogen) atoms. The van der Waals surface area contributed by atoms with Gasteiger partial charge in [-0.25, -0.2) is 15.0 Å². The van der Waals surface area contributed by atoms with Gasteiger partial charge in [0.1, 0.15) is 17.0 Å². The lowest BCUT2D eigenvalue weighted by molar-refractivity contribution is 0.941. The van der Waals surface area contributed by atoms with E-state index in [1.165, 1.54) is 12.8 Å². The molecule has 6 heteroatoms. The Morgan fingerprint density at radius 1 is 1.20 bits per heavy atom. The molecule has 4 rings (SSSR count). The first kappa shape index (κ1) is 12.3. The van der Waals surface area contributed by atoms with Gasteiger partial charge in [0.15, 0.2) is 0 Å². The molecule has 0 spiro atoms. The highest BCUT2D eigenvalue weighted by Gasteiger charge is 2.20. The molecular formula is C14H13ClN4S. The van der Waals surface area contributed by atoms with Gasteiger partial charge in [-0.1, -0.05) is 11.6 Å². The van der Waals surface area contributed by atoms with E-state index in [1.807, 2.05) is 6.92 Å². The van der Waals surface area contributed by atoms with Gasteiger partial charge in [-0.2, -0.15) is 0 Å². The highest BCUT2D eigenvalue weighted by atomic mass is 35.5. The molecular weight excluding hydrogens is 292 g/mol. The van der Waals surface area contributed by atoms with Crippen molar-refractivity contribution < 1.29 is 0 Å². The molecule has 0 saturated carbocycles. The Kier molecular flexibility index (Phi) is 2.79. The van der Waals surface area contributed by atoms with E-state index in [4.69, 9.17) is 11.6 Å². The largest absolute Gasteiger partial charge is 0.355 e. The molecule has 4 heterocycles. The molecule has 4 nitrogen and oxygen atoms in total. The minimum atomic E-state index is 0.693. The summed E-state index contributed by atoms with van der Waals surface area (Å²) in [6, 6.07) is 0. The van der Waals surface area contributed by atoms with Crippen molar-refractivity contribution in [2.75, 3.05) is 18.0 Å². The van der Waals surface area contributed by atoms with Crippen molar-refractivity contribution in [1.29, 1.82) is 0 Å². The molecule has 102 valence electrons. The normalized spacial score (nSPS) is 15.6. The van der Waals surface area contributed by atoms with Crippen LogP contribution >= 0.6 is 22.9 Å². The molecule has 0 bridgehead atoms. The highest BCUT2D eigenvalue weighted by molar-refractivity contribution is 7.26. The lowest BCUT2D eigenvalue weighted by Crippen LogP contribution is -2.18. The Morgan fingerprint density at radius 3 is 2.80 bits per heavy atom. The molecule has 0 aliphatic carbocycles. The van der Waals surface area contributed by atoms with Gasteiger partial charge in [-0.15, -0.1) is 11.3 Å². The van der Waals surface area contributed by atoms with Crippen LogP contribution in [0, 0.1) is 6.92 Å². The molecule has 0 amide bonds. The van der Waals surface area contributed by atoms with Crippen LogP contribution in [-0.2, 0) is 0 Å². The maximum absolute atomic E-state index is 6.20. The third kappa shape index (κ3) is 1.70. The lowest BCUT2D eigenvalue weighted by atomic mass is 10.2. The van der Waals surface area contributed by atoms with E-state index < -0.39 is 0 Å². The van der Waals surface area contributed by atoms with Crippen LogP contribution in [-0.4, -0.2) is 28.0 Å². The van der Waals surface area contributed by atoms with Gasteiger partial charge in [0.05, 0.1) is 15.2 Å². The number of anilines is 1. The third-order valence-electron chi connectivity index (χ3n) is 3.87. The number of nitrogens with zero attached hydrogens (tertiary/aromatic N) is 4. The third-order valence-corrected chi connectivity index (χ3v) is 5.33. The lowest BCUT2D eigenvalue weighted by Gasteiger charge is -2.16. The van der Waals surface area contributed by atoms with Gasteiger partial charge >= 0.3 is 0 Å². The molecule has 1 fully saturated rings. The fraction of sp³-hybridized carbons (Fsp3) is 0.357. The number of thiophene rings is 1. The highest BCUT2D eigenvalue weighted by Crippen LogP contribution is 2.39. The van der Waals surface area contributed by atoms with Crippen LogP contribution in [0.3, 0.4) is 0 Å². The van der Waals surface area contributed by atoms with E-state index in [1.54, 1.807) is 23.9 Å². The van der Waals surface area contributed by atoms with Crippen LogP contribution in [0.15, 0.2) is 12.5 Å². The van der Waals surface area contributed by atoms with Crippen LogP contribution in [0.2, 0.25) is 5.02 Å². The molecule has 3 aromatic heterocycles. The number of hydrogen-bond donors (Lipinski definition) is 0. The second kappa shape index (κ2) is 4.53. The maximum Gasteiger partial charge on any atom is 0.150 e. The Labute approximate surface area is 125 Å². The van der Waals surface area contributed by atoms with Crippen molar-refractivity contribution in [2.24, 2.45) is 0 Å². The average Bonchev–Trinajstić information content (AvgIpc) is 3.09. The van der Waals surface area contributed by atoms with Crippen LogP contribution < -0.4 is 4.90 Å². The van der Waals surface area contributed by atoms with Gasteiger partial charge in [-0.05, 0) is 25.3 Å². The molecule has 1 aliphatic heterocycles. The molecule has 0 N–H and O–H groups in total. The minimum Gasteiger partial charge on any atom is -0.355 e. The summed E-state index contributed by atoms with van der Waals surface area (Å²) in [6.07, 6.45) is 5.85. The summed E-state index contributed by atoms with van der Waals surface area (Å²) in [5, 5.41) is 1.76. The Bertz CT molecular complexity index is 808. The van der Waals surface area contributed by atoms with Crippen LogP contribution in [0.4, 0.5) is 5.82 Å². The van der Waals surface area contributed by atoms with E-state index in [-0.39, 0.29) is 0 Å². The van der Waals surface area contributed by atoms with Crippen molar-refractivity contribution in [3.8, 4) is 0 Å². The van der Waals surface area contributed by atoms with Gasteiger partial charge in [0.25, 0.3) is 0 Å². The number of halogens is 1. The van der Waals surface area contributed by atoms with E-state index >= 15 is 0 Å². The number of hydrogen-bond acceptors (Lipinski definition) is 5. The Hall–Kier alpha value is -1.46. The number of aryl methyl sites for hydroxylation is 1. The number of aromatic nitrogens is 3. The van der Waals surface area contributed by atoms with E-state index in [9.17, 15) is 0 Å². The van der Waals surface area contributed by atoms with E-state index in [0.29, 0.717) is 5.02 Å².